The van der Waals surface area contributed by atoms with Crippen molar-refractivity contribution in [3.63, 3.8) is 0 Å². The van der Waals surface area contributed by atoms with E-state index in [2.05, 4.69) is 10.1 Å². The molecule has 0 amide bonds. The highest BCUT2D eigenvalue weighted by Gasteiger charge is 2.11. The molecule has 15 heavy (non-hydrogen) atoms. The van der Waals surface area contributed by atoms with Gasteiger partial charge in [-0.25, -0.2) is 4.79 Å². The highest BCUT2D eigenvalue weighted by molar-refractivity contribution is 5.87. The van der Waals surface area contributed by atoms with E-state index >= 15 is 0 Å². The monoisotopic (exact) mass is 211 g/mol. The van der Waals surface area contributed by atoms with Gasteiger partial charge in [-0.1, -0.05) is 25.3 Å². The van der Waals surface area contributed by atoms with Crippen LogP contribution in [0.15, 0.2) is 11.6 Å². The maximum Gasteiger partial charge on any atom is 0.333 e. The number of carbonyl (C=O) groups is 1. The normalized spacial score (nSPS) is 18.9. The standard InChI is InChI=1S/C12H21NO2/c1-10(12(14)15-2)8-9-13-11-6-4-3-5-7-11/h8,11,13H,3-7,9H2,1-2H3. The van der Waals surface area contributed by atoms with E-state index in [9.17, 15) is 4.79 Å². The number of nitrogens with one attached hydrogen (secondary N) is 1. The van der Waals surface area contributed by atoms with Crippen molar-refractivity contribution in [3.8, 4) is 0 Å². The molecule has 0 atom stereocenters. The molecule has 0 unspecified atom stereocenters. The van der Waals surface area contributed by atoms with Crippen molar-refractivity contribution >= 4 is 5.97 Å². The maximum absolute atomic E-state index is 11.1. The number of carbonyl (C=O) groups excluding carboxylic acids is 1. The lowest BCUT2D eigenvalue weighted by atomic mass is 9.95. The number of hydrogen-bond acceptors (Lipinski definition) is 3. The Kier molecular flexibility index (Phi) is 5.40. The van der Waals surface area contributed by atoms with Gasteiger partial charge in [0.25, 0.3) is 0 Å². The summed E-state index contributed by atoms with van der Waals surface area (Å²) in [7, 11) is 1.41. The van der Waals surface area contributed by atoms with Crippen LogP contribution in [0.4, 0.5) is 0 Å². The summed E-state index contributed by atoms with van der Waals surface area (Å²) >= 11 is 0. The third kappa shape index (κ3) is 4.47. The second-order valence-electron chi connectivity index (χ2n) is 4.12. The minimum absolute atomic E-state index is 0.236. The van der Waals surface area contributed by atoms with Crippen molar-refractivity contribution in [1.82, 2.24) is 5.32 Å². The third-order valence-corrected chi connectivity index (χ3v) is 2.93. The molecule has 1 aliphatic carbocycles. The lowest BCUT2D eigenvalue weighted by Gasteiger charge is -2.22. The maximum atomic E-state index is 11.1. The van der Waals surface area contributed by atoms with Crippen LogP contribution in [-0.2, 0) is 9.53 Å². The first-order valence-corrected chi connectivity index (χ1v) is 5.72. The summed E-state index contributed by atoms with van der Waals surface area (Å²) in [5.74, 6) is -0.236. The van der Waals surface area contributed by atoms with E-state index in [0.29, 0.717) is 11.6 Å². The molecule has 1 aliphatic rings. The molecule has 0 radical (unpaired) electrons. The van der Waals surface area contributed by atoms with E-state index in [1.54, 1.807) is 6.92 Å². The molecule has 3 nitrogen and oxygen atoms in total. The average molecular weight is 211 g/mol. The Hall–Kier alpha value is -0.830. The van der Waals surface area contributed by atoms with Crippen LogP contribution in [0.5, 0.6) is 0 Å². The van der Waals surface area contributed by atoms with Crippen LogP contribution in [0.25, 0.3) is 0 Å². The quantitative estimate of drug-likeness (QED) is 0.571. The van der Waals surface area contributed by atoms with Gasteiger partial charge in [0, 0.05) is 18.2 Å². The topological polar surface area (TPSA) is 38.3 Å². The van der Waals surface area contributed by atoms with E-state index < -0.39 is 0 Å². The second kappa shape index (κ2) is 6.62. The first-order valence-electron chi connectivity index (χ1n) is 5.72. The summed E-state index contributed by atoms with van der Waals surface area (Å²) in [6.07, 6.45) is 8.47. The van der Waals surface area contributed by atoms with E-state index in [4.69, 9.17) is 0 Å². The van der Waals surface area contributed by atoms with Crippen molar-refractivity contribution in [2.45, 2.75) is 45.1 Å². The van der Waals surface area contributed by atoms with E-state index in [-0.39, 0.29) is 5.97 Å². The smallest absolute Gasteiger partial charge is 0.333 e. The minimum atomic E-state index is -0.236. The molecule has 0 aromatic heterocycles. The number of ether oxygens (including phenoxy) is 1. The van der Waals surface area contributed by atoms with E-state index in [0.717, 1.165) is 6.54 Å². The molecule has 0 aliphatic heterocycles. The zero-order valence-corrected chi connectivity index (χ0v) is 9.71. The Morgan fingerprint density at radius 1 is 1.40 bits per heavy atom. The van der Waals surface area contributed by atoms with Gasteiger partial charge >= 0.3 is 5.97 Å². The molecule has 1 rings (SSSR count). The van der Waals surface area contributed by atoms with Gasteiger partial charge < -0.3 is 10.1 Å². The Labute approximate surface area is 91.9 Å². The van der Waals surface area contributed by atoms with Crippen LogP contribution in [0.2, 0.25) is 0 Å². The summed E-state index contributed by atoms with van der Waals surface area (Å²) in [5, 5.41) is 3.45. The van der Waals surface area contributed by atoms with Gasteiger partial charge in [0.15, 0.2) is 0 Å². The fourth-order valence-electron chi connectivity index (χ4n) is 1.93. The lowest BCUT2D eigenvalue weighted by Crippen LogP contribution is -2.31. The largest absolute Gasteiger partial charge is 0.466 e. The van der Waals surface area contributed by atoms with Gasteiger partial charge in [-0.15, -0.1) is 0 Å². The van der Waals surface area contributed by atoms with Crippen molar-refractivity contribution in [3.05, 3.63) is 11.6 Å². The molecule has 0 aromatic rings. The summed E-state index contributed by atoms with van der Waals surface area (Å²) in [6, 6.07) is 0.639. The van der Waals surface area contributed by atoms with Gasteiger partial charge in [-0.05, 0) is 19.8 Å². The fourth-order valence-corrected chi connectivity index (χ4v) is 1.93. The highest BCUT2D eigenvalue weighted by atomic mass is 16.5. The number of esters is 1. The molecule has 1 saturated carbocycles. The van der Waals surface area contributed by atoms with Crippen LogP contribution >= 0.6 is 0 Å². The fraction of sp³-hybridized carbons (Fsp3) is 0.750. The molecule has 0 spiro atoms. The second-order valence-corrected chi connectivity index (χ2v) is 4.12. The van der Waals surface area contributed by atoms with Crippen molar-refractivity contribution in [1.29, 1.82) is 0 Å². The molecule has 1 N–H and O–H groups in total. The Bertz CT molecular complexity index is 230. The average Bonchev–Trinajstić information content (AvgIpc) is 2.29. The van der Waals surface area contributed by atoms with Crippen molar-refractivity contribution < 1.29 is 9.53 Å². The Balaban J connectivity index is 2.21. The summed E-state index contributed by atoms with van der Waals surface area (Å²) in [4.78, 5) is 11.1. The molecule has 1 fully saturated rings. The van der Waals surface area contributed by atoms with Gasteiger partial charge in [0.2, 0.25) is 0 Å². The molecule has 86 valence electrons. The van der Waals surface area contributed by atoms with Gasteiger partial charge in [0.05, 0.1) is 7.11 Å². The van der Waals surface area contributed by atoms with E-state index in [1.807, 2.05) is 6.08 Å². The molecule has 0 heterocycles. The van der Waals surface area contributed by atoms with Gasteiger partial charge in [0.1, 0.15) is 0 Å². The highest BCUT2D eigenvalue weighted by Crippen LogP contribution is 2.17. The third-order valence-electron chi connectivity index (χ3n) is 2.93. The summed E-state index contributed by atoms with van der Waals surface area (Å²) < 4.78 is 4.62. The van der Waals surface area contributed by atoms with Gasteiger partial charge in [-0.2, -0.15) is 0 Å². The predicted molar refractivity (Wildman–Crippen MR) is 60.6 cm³/mol. The van der Waals surface area contributed by atoms with Crippen LogP contribution in [0.3, 0.4) is 0 Å². The summed E-state index contributed by atoms with van der Waals surface area (Å²) in [5.41, 5.74) is 0.681. The van der Waals surface area contributed by atoms with Crippen LogP contribution in [-0.4, -0.2) is 25.7 Å². The molecular weight excluding hydrogens is 190 g/mol. The SMILES string of the molecule is COC(=O)C(C)=CCNC1CCCCC1. The minimum Gasteiger partial charge on any atom is -0.466 e. The molecule has 0 saturated heterocycles. The molecule has 3 heteroatoms. The Morgan fingerprint density at radius 2 is 2.07 bits per heavy atom. The van der Waals surface area contributed by atoms with Crippen LogP contribution in [0.1, 0.15) is 39.0 Å². The van der Waals surface area contributed by atoms with Crippen LogP contribution < -0.4 is 5.32 Å². The molecule has 0 aromatic carbocycles. The lowest BCUT2D eigenvalue weighted by molar-refractivity contribution is -0.136. The number of hydrogen-bond donors (Lipinski definition) is 1. The van der Waals surface area contributed by atoms with Crippen molar-refractivity contribution in [2.24, 2.45) is 0 Å². The number of methoxy groups -OCH3 is 1. The van der Waals surface area contributed by atoms with Crippen LogP contribution in [0, 0.1) is 0 Å². The summed E-state index contributed by atoms with van der Waals surface area (Å²) in [6.45, 7) is 2.56. The first kappa shape index (κ1) is 12.2. The Morgan fingerprint density at radius 3 is 2.67 bits per heavy atom. The van der Waals surface area contributed by atoms with Crippen molar-refractivity contribution in [2.75, 3.05) is 13.7 Å². The number of rotatable bonds is 4. The molecule has 0 bridgehead atoms. The molecular formula is C12H21NO2. The van der Waals surface area contributed by atoms with Gasteiger partial charge in [-0.3, -0.25) is 0 Å². The zero-order valence-electron chi connectivity index (χ0n) is 9.71. The van der Waals surface area contributed by atoms with E-state index in [1.165, 1.54) is 39.2 Å². The predicted octanol–water partition coefficient (Wildman–Crippen LogP) is 2.03. The zero-order chi connectivity index (χ0) is 11.1. The first-order chi connectivity index (χ1) is 7.24.